The van der Waals surface area contributed by atoms with Crippen molar-refractivity contribution in [1.82, 2.24) is 10.2 Å². The zero-order chi connectivity index (χ0) is 19.3. The third kappa shape index (κ3) is 5.64. The molecule has 0 saturated carbocycles. The molecule has 1 unspecified atom stereocenters. The summed E-state index contributed by atoms with van der Waals surface area (Å²) in [5, 5.41) is 3.36. The first-order valence-electron chi connectivity index (χ1n) is 7.72. The van der Waals surface area contributed by atoms with Gasteiger partial charge >= 0.3 is 6.36 Å². The van der Waals surface area contributed by atoms with E-state index in [4.69, 9.17) is 11.6 Å². The molecule has 2 rings (SSSR count). The smallest absolute Gasteiger partial charge is 0.406 e. The Morgan fingerprint density at radius 2 is 1.77 bits per heavy atom. The van der Waals surface area contributed by atoms with Crippen molar-refractivity contribution in [3.63, 3.8) is 0 Å². The van der Waals surface area contributed by atoms with Gasteiger partial charge in [-0.3, -0.25) is 4.79 Å². The molecule has 26 heavy (non-hydrogen) atoms. The highest BCUT2D eigenvalue weighted by Crippen LogP contribution is 2.26. The van der Waals surface area contributed by atoms with Crippen LogP contribution in [0.25, 0.3) is 0 Å². The van der Waals surface area contributed by atoms with E-state index in [0.29, 0.717) is 5.02 Å². The number of hydrogen-bond acceptors (Lipinski definition) is 3. The summed E-state index contributed by atoms with van der Waals surface area (Å²) in [5.41, 5.74) is 1.10. The van der Waals surface area contributed by atoms with Gasteiger partial charge < -0.3 is 15.0 Å². The fraction of sp³-hybridized carbons (Fsp3) is 0.278. The highest BCUT2D eigenvalue weighted by Gasteiger charge is 2.31. The van der Waals surface area contributed by atoms with Gasteiger partial charge in [-0.15, -0.1) is 13.2 Å². The van der Waals surface area contributed by atoms with Gasteiger partial charge in [0.25, 0.3) is 5.91 Å². The van der Waals surface area contributed by atoms with Gasteiger partial charge in [0, 0.05) is 17.1 Å². The van der Waals surface area contributed by atoms with Crippen molar-refractivity contribution in [1.29, 1.82) is 0 Å². The molecular weight excluding hydrogens is 369 g/mol. The molecule has 0 saturated heterocycles. The van der Waals surface area contributed by atoms with E-state index in [2.05, 4.69) is 10.1 Å². The summed E-state index contributed by atoms with van der Waals surface area (Å²) >= 11 is 6.22. The predicted octanol–water partition coefficient (Wildman–Crippen LogP) is 4.27. The third-order valence-corrected chi connectivity index (χ3v) is 4.04. The number of carbonyl (C=O) groups is 1. The first-order valence-corrected chi connectivity index (χ1v) is 8.10. The Morgan fingerprint density at radius 3 is 2.31 bits per heavy atom. The average molecular weight is 387 g/mol. The lowest BCUT2D eigenvalue weighted by molar-refractivity contribution is -0.274. The number of carbonyl (C=O) groups excluding carboxylic acids is 1. The van der Waals surface area contributed by atoms with Gasteiger partial charge in [-0.1, -0.05) is 29.8 Å². The molecule has 2 aromatic carbocycles. The van der Waals surface area contributed by atoms with Crippen LogP contribution < -0.4 is 10.1 Å². The molecule has 1 N–H and O–H groups in total. The normalized spacial score (nSPS) is 12.7. The number of amides is 1. The molecule has 0 aliphatic heterocycles. The lowest BCUT2D eigenvalue weighted by Crippen LogP contribution is -2.34. The van der Waals surface area contributed by atoms with Gasteiger partial charge in [0.2, 0.25) is 0 Å². The largest absolute Gasteiger partial charge is 0.573 e. The second kappa shape index (κ2) is 8.42. The van der Waals surface area contributed by atoms with Crippen molar-refractivity contribution >= 4 is 17.5 Å². The molecular formula is C18H18ClF3N2O2. The Balaban J connectivity index is 2.03. The first-order chi connectivity index (χ1) is 12.2. The van der Waals surface area contributed by atoms with Crippen LogP contribution in [0.4, 0.5) is 13.2 Å². The molecule has 0 heterocycles. The van der Waals surface area contributed by atoms with E-state index in [9.17, 15) is 18.0 Å². The van der Waals surface area contributed by atoms with Crippen LogP contribution in [0.3, 0.4) is 0 Å². The van der Waals surface area contributed by atoms with Crippen LogP contribution in [0, 0.1) is 0 Å². The minimum absolute atomic E-state index is 0.152. The molecule has 8 heteroatoms. The molecule has 0 radical (unpaired) electrons. The summed E-state index contributed by atoms with van der Waals surface area (Å²) < 4.78 is 40.3. The number of nitrogens with one attached hydrogen (secondary N) is 1. The fourth-order valence-electron chi connectivity index (χ4n) is 2.42. The highest BCUT2D eigenvalue weighted by molar-refractivity contribution is 6.31. The van der Waals surface area contributed by atoms with Crippen molar-refractivity contribution < 1.29 is 22.7 Å². The van der Waals surface area contributed by atoms with Crippen LogP contribution >= 0.6 is 11.6 Å². The third-order valence-electron chi connectivity index (χ3n) is 3.69. The number of hydrogen-bond donors (Lipinski definition) is 1. The fourth-order valence-corrected chi connectivity index (χ4v) is 2.68. The maximum absolute atomic E-state index is 12.3. The van der Waals surface area contributed by atoms with Crippen molar-refractivity contribution in [2.75, 3.05) is 20.6 Å². The predicted molar refractivity (Wildman–Crippen MR) is 93.3 cm³/mol. The van der Waals surface area contributed by atoms with E-state index in [1.54, 1.807) is 6.07 Å². The topological polar surface area (TPSA) is 41.6 Å². The van der Waals surface area contributed by atoms with Gasteiger partial charge in [-0.2, -0.15) is 0 Å². The summed E-state index contributed by atoms with van der Waals surface area (Å²) in [6, 6.07) is 11.9. The summed E-state index contributed by atoms with van der Waals surface area (Å²) in [6.45, 7) is 0.288. The first kappa shape index (κ1) is 20.1. The molecule has 0 spiro atoms. The van der Waals surface area contributed by atoms with Gasteiger partial charge in [-0.25, -0.2) is 0 Å². The summed E-state index contributed by atoms with van der Waals surface area (Å²) in [5.74, 6) is -0.779. The summed E-state index contributed by atoms with van der Waals surface area (Å²) in [4.78, 5) is 14.2. The lowest BCUT2D eigenvalue weighted by Gasteiger charge is -2.26. The number of rotatable bonds is 6. The number of likely N-dealkylation sites (N-methyl/N-ethyl adjacent to an activating group) is 1. The van der Waals surface area contributed by atoms with Crippen molar-refractivity contribution in [2.24, 2.45) is 0 Å². The molecule has 1 amide bonds. The SMILES string of the molecule is CN(C)C(CNC(=O)c1ccc(OC(F)(F)F)cc1)c1ccccc1Cl. The Morgan fingerprint density at radius 1 is 1.15 bits per heavy atom. The molecule has 0 fully saturated rings. The Labute approximate surface area is 154 Å². The van der Waals surface area contributed by atoms with E-state index in [-0.39, 0.29) is 23.9 Å². The van der Waals surface area contributed by atoms with Gasteiger partial charge in [-0.05, 0) is 50.0 Å². The van der Waals surface area contributed by atoms with Gasteiger partial charge in [0.05, 0.1) is 6.04 Å². The quantitative estimate of drug-likeness (QED) is 0.806. The zero-order valence-corrected chi connectivity index (χ0v) is 14.9. The zero-order valence-electron chi connectivity index (χ0n) is 14.2. The molecule has 0 aromatic heterocycles. The Hall–Kier alpha value is -2.25. The van der Waals surface area contributed by atoms with E-state index in [1.165, 1.54) is 12.1 Å². The van der Waals surface area contributed by atoms with Crippen LogP contribution in [0.15, 0.2) is 48.5 Å². The number of alkyl halides is 3. The molecule has 0 bridgehead atoms. The summed E-state index contributed by atoms with van der Waals surface area (Å²) in [6.07, 6.45) is -4.77. The van der Waals surface area contributed by atoms with Crippen LogP contribution in [-0.4, -0.2) is 37.8 Å². The number of halogens is 4. The second-order valence-corrected chi connectivity index (χ2v) is 6.19. The maximum Gasteiger partial charge on any atom is 0.573 e. The lowest BCUT2D eigenvalue weighted by atomic mass is 10.1. The van der Waals surface area contributed by atoms with Crippen LogP contribution in [-0.2, 0) is 0 Å². The average Bonchev–Trinajstić information content (AvgIpc) is 2.55. The van der Waals surface area contributed by atoms with Gasteiger partial charge in [0.1, 0.15) is 5.75 Å². The molecule has 4 nitrogen and oxygen atoms in total. The van der Waals surface area contributed by atoms with Crippen LogP contribution in [0.5, 0.6) is 5.75 Å². The number of nitrogens with zero attached hydrogens (tertiary/aromatic N) is 1. The van der Waals surface area contributed by atoms with Crippen LogP contribution in [0.1, 0.15) is 22.0 Å². The monoisotopic (exact) mass is 386 g/mol. The van der Waals surface area contributed by atoms with E-state index >= 15 is 0 Å². The molecule has 2 aromatic rings. The molecule has 140 valence electrons. The van der Waals surface area contributed by atoms with Crippen molar-refractivity contribution in [3.05, 3.63) is 64.7 Å². The van der Waals surface area contributed by atoms with Crippen molar-refractivity contribution in [2.45, 2.75) is 12.4 Å². The molecule has 0 aliphatic rings. The van der Waals surface area contributed by atoms with Crippen LogP contribution in [0.2, 0.25) is 5.02 Å². The van der Waals surface area contributed by atoms with Gasteiger partial charge in [0.15, 0.2) is 0 Å². The Kier molecular flexibility index (Phi) is 6.50. The number of benzene rings is 2. The van der Waals surface area contributed by atoms with E-state index in [1.807, 2.05) is 37.2 Å². The maximum atomic E-state index is 12.3. The van der Waals surface area contributed by atoms with E-state index < -0.39 is 12.3 Å². The molecule has 0 aliphatic carbocycles. The Bertz CT molecular complexity index is 749. The minimum atomic E-state index is -4.77. The standard InChI is InChI=1S/C18H18ClF3N2O2/c1-24(2)16(14-5-3-4-6-15(14)19)11-23-17(25)12-7-9-13(10-8-12)26-18(20,21)22/h3-10,16H,11H2,1-2H3,(H,23,25). The minimum Gasteiger partial charge on any atom is -0.406 e. The number of ether oxygens (including phenoxy) is 1. The highest BCUT2D eigenvalue weighted by atomic mass is 35.5. The van der Waals surface area contributed by atoms with E-state index in [0.717, 1.165) is 17.7 Å². The second-order valence-electron chi connectivity index (χ2n) is 5.78. The summed E-state index contributed by atoms with van der Waals surface area (Å²) in [7, 11) is 3.73. The molecule has 1 atom stereocenters. The van der Waals surface area contributed by atoms with Crippen molar-refractivity contribution in [3.8, 4) is 5.75 Å².